The number of carbonyl (C=O) groups excluding carboxylic acids is 3. The number of rotatable bonds is 9. The summed E-state index contributed by atoms with van der Waals surface area (Å²) in [6, 6.07) is 12.1. The van der Waals surface area contributed by atoms with Gasteiger partial charge in [-0.05, 0) is 61.0 Å². The van der Waals surface area contributed by atoms with Gasteiger partial charge in [0.1, 0.15) is 0 Å². The van der Waals surface area contributed by atoms with Crippen molar-refractivity contribution < 1.29 is 28.6 Å². The summed E-state index contributed by atoms with van der Waals surface area (Å²) in [5.41, 5.74) is 1.35. The molecular formula is C23H22ClNO6S. The second-order valence-corrected chi connectivity index (χ2v) is 7.99. The van der Waals surface area contributed by atoms with Gasteiger partial charge in [0.15, 0.2) is 18.1 Å². The quantitative estimate of drug-likeness (QED) is 0.376. The van der Waals surface area contributed by atoms with E-state index in [1.54, 1.807) is 55.5 Å². The fourth-order valence-corrected chi connectivity index (χ4v) is 3.96. The van der Waals surface area contributed by atoms with Crippen molar-refractivity contribution in [2.24, 2.45) is 0 Å². The van der Waals surface area contributed by atoms with Crippen molar-refractivity contribution in [2.75, 3.05) is 19.8 Å². The number of benzene rings is 2. The SMILES string of the molecule is CCOC(=O)COc1ccc(/C=C2\SC(=O)N(Cc3ccccc3Cl)C2=O)cc1OCC. The summed E-state index contributed by atoms with van der Waals surface area (Å²) in [7, 11) is 0. The molecule has 0 radical (unpaired) electrons. The molecule has 2 amide bonds. The molecule has 0 saturated carbocycles. The minimum atomic E-state index is -0.480. The van der Waals surface area contributed by atoms with Crippen LogP contribution in [0.5, 0.6) is 11.5 Å². The van der Waals surface area contributed by atoms with E-state index in [1.807, 2.05) is 6.92 Å². The summed E-state index contributed by atoms with van der Waals surface area (Å²) in [5, 5.41) is 0.135. The molecule has 0 aliphatic carbocycles. The van der Waals surface area contributed by atoms with Gasteiger partial charge in [-0.1, -0.05) is 35.9 Å². The topological polar surface area (TPSA) is 82.1 Å². The Morgan fingerprint density at radius 1 is 1.06 bits per heavy atom. The first-order valence-corrected chi connectivity index (χ1v) is 11.2. The van der Waals surface area contributed by atoms with Crippen LogP contribution in [0.25, 0.3) is 6.08 Å². The van der Waals surface area contributed by atoms with Crippen LogP contribution in [-0.4, -0.2) is 41.8 Å². The van der Waals surface area contributed by atoms with Crippen molar-refractivity contribution >= 4 is 46.6 Å². The largest absolute Gasteiger partial charge is 0.490 e. The number of hydrogen-bond acceptors (Lipinski definition) is 7. The maximum absolute atomic E-state index is 12.8. The number of hydrogen-bond donors (Lipinski definition) is 0. The molecule has 1 aliphatic rings. The van der Waals surface area contributed by atoms with E-state index in [-0.39, 0.29) is 30.9 Å². The van der Waals surface area contributed by atoms with Crippen LogP contribution in [0, 0.1) is 0 Å². The molecule has 1 heterocycles. The molecule has 1 saturated heterocycles. The van der Waals surface area contributed by atoms with E-state index < -0.39 is 5.97 Å². The number of ether oxygens (including phenoxy) is 3. The zero-order chi connectivity index (χ0) is 23.1. The summed E-state index contributed by atoms with van der Waals surface area (Å²) < 4.78 is 16.0. The van der Waals surface area contributed by atoms with Crippen LogP contribution >= 0.6 is 23.4 Å². The molecule has 2 aromatic carbocycles. The van der Waals surface area contributed by atoms with Gasteiger partial charge >= 0.3 is 5.97 Å². The van der Waals surface area contributed by atoms with E-state index in [0.29, 0.717) is 39.2 Å². The number of nitrogens with zero attached hydrogens (tertiary/aromatic N) is 1. The third-order valence-electron chi connectivity index (χ3n) is 4.38. The fourth-order valence-electron chi connectivity index (χ4n) is 2.93. The van der Waals surface area contributed by atoms with Gasteiger partial charge in [-0.2, -0.15) is 0 Å². The number of imide groups is 1. The third kappa shape index (κ3) is 5.83. The molecule has 0 aromatic heterocycles. The van der Waals surface area contributed by atoms with E-state index in [9.17, 15) is 14.4 Å². The number of carbonyl (C=O) groups is 3. The van der Waals surface area contributed by atoms with Gasteiger partial charge < -0.3 is 14.2 Å². The highest BCUT2D eigenvalue weighted by atomic mass is 35.5. The average molecular weight is 476 g/mol. The Balaban J connectivity index is 1.77. The van der Waals surface area contributed by atoms with E-state index in [2.05, 4.69) is 0 Å². The number of thioether (sulfide) groups is 1. The molecule has 3 rings (SSSR count). The van der Waals surface area contributed by atoms with Crippen molar-refractivity contribution in [3.63, 3.8) is 0 Å². The van der Waals surface area contributed by atoms with Gasteiger partial charge in [-0.3, -0.25) is 14.5 Å². The normalized spacial score (nSPS) is 14.7. The van der Waals surface area contributed by atoms with Crippen LogP contribution in [-0.2, 0) is 20.9 Å². The highest BCUT2D eigenvalue weighted by Gasteiger charge is 2.35. The van der Waals surface area contributed by atoms with Gasteiger partial charge in [0, 0.05) is 5.02 Å². The molecular weight excluding hydrogens is 454 g/mol. The van der Waals surface area contributed by atoms with Gasteiger partial charge in [-0.25, -0.2) is 4.79 Å². The Bertz CT molecular complexity index is 1050. The predicted molar refractivity (Wildman–Crippen MR) is 123 cm³/mol. The second kappa shape index (κ2) is 11.1. The Morgan fingerprint density at radius 3 is 2.56 bits per heavy atom. The van der Waals surface area contributed by atoms with Crippen LogP contribution in [0.15, 0.2) is 47.4 Å². The summed E-state index contributed by atoms with van der Waals surface area (Å²) in [4.78, 5) is 38.3. The summed E-state index contributed by atoms with van der Waals surface area (Å²) in [6.07, 6.45) is 1.62. The fraction of sp³-hybridized carbons (Fsp3) is 0.261. The molecule has 0 bridgehead atoms. The van der Waals surface area contributed by atoms with Crippen LogP contribution < -0.4 is 9.47 Å². The second-order valence-electron chi connectivity index (χ2n) is 6.59. The number of esters is 1. The smallest absolute Gasteiger partial charge is 0.344 e. The summed E-state index contributed by atoms with van der Waals surface area (Å²) in [6.45, 7) is 4.05. The number of amides is 2. The van der Waals surface area contributed by atoms with Crippen LogP contribution in [0.2, 0.25) is 5.02 Å². The first kappa shape index (κ1) is 23.7. The van der Waals surface area contributed by atoms with Crippen molar-refractivity contribution in [3.8, 4) is 11.5 Å². The number of halogens is 1. The van der Waals surface area contributed by atoms with Crippen molar-refractivity contribution in [1.82, 2.24) is 4.90 Å². The van der Waals surface area contributed by atoms with Crippen molar-refractivity contribution in [2.45, 2.75) is 20.4 Å². The summed E-state index contributed by atoms with van der Waals surface area (Å²) >= 11 is 7.03. The molecule has 32 heavy (non-hydrogen) atoms. The van der Waals surface area contributed by atoms with E-state index in [0.717, 1.165) is 16.7 Å². The van der Waals surface area contributed by atoms with Gasteiger partial charge in [-0.15, -0.1) is 0 Å². The molecule has 2 aromatic rings. The van der Waals surface area contributed by atoms with Gasteiger partial charge in [0.05, 0.1) is 24.7 Å². The zero-order valence-corrected chi connectivity index (χ0v) is 19.2. The minimum absolute atomic E-state index is 0.104. The molecule has 0 N–H and O–H groups in total. The first-order chi connectivity index (χ1) is 15.4. The molecule has 0 spiro atoms. The Morgan fingerprint density at radius 2 is 1.84 bits per heavy atom. The molecule has 1 aliphatic heterocycles. The molecule has 7 nitrogen and oxygen atoms in total. The maximum atomic E-state index is 12.8. The maximum Gasteiger partial charge on any atom is 0.344 e. The lowest BCUT2D eigenvalue weighted by atomic mass is 10.1. The highest BCUT2D eigenvalue weighted by molar-refractivity contribution is 8.18. The Kier molecular flexibility index (Phi) is 8.19. The lowest BCUT2D eigenvalue weighted by Gasteiger charge is -2.13. The van der Waals surface area contributed by atoms with Crippen LogP contribution in [0.1, 0.15) is 25.0 Å². The van der Waals surface area contributed by atoms with Crippen LogP contribution in [0.4, 0.5) is 4.79 Å². The van der Waals surface area contributed by atoms with Crippen molar-refractivity contribution in [3.05, 3.63) is 63.5 Å². The average Bonchev–Trinajstić information content (AvgIpc) is 3.02. The molecule has 0 unspecified atom stereocenters. The lowest BCUT2D eigenvalue weighted by Crippen LogP contribution is -2.27. The molecule has 0 atom stereocenters. The van der Waals surface area contributed by atoms with E-state index in [1.165, 1.54) is 0 Å². The summed E-state index contributed by atoms with van der Waals surface area (Å²) in [5.74, 6) is -0.0727. The Labute approximate surface area is 195 Å². The monoisotopic (exact) mass is 475 g/mol. The molecule has 1 fully saturated rings. The lowest BCUT2D eigenvalue weighted by molar-refractivity contribution is -0.145. The van der Waals surface area contributed by atoms with Crippen molar-refractivity contribution in [1.29, 1.82) is 0 Å². The standard InChI is InChI=1S/C23H22ClNO6S/c1-3-29-19-11-15(9-10-18(19)31-14-21(26)30-4-2)12-20-22(27)25(23(28)32-20)13-16-7-5-6-8-17(16)24/h5-12H,3-4,13-14H2,1-2H3/b20-12-. The van der Waals surface area contributed by atoms with Gasteiger partial charge in [0.2, 0.25) is 0 Å². The van der Waals surface area contributed by atoms with Crippen LogP contribution in [0.3, 0.4) is 0 Å². The third-order valence-corrected chi connectivity index (χ3v) is 5.65. The molecule has 9 heteroatoms. The zero-order valence-electron chi connectivity index (χ0n) is 17.6. The van der Waals surface area contributed by atoms with E-state index >= 15 is 0 Å². The first-order valence-electron chi connectivity index (χ1n) is 9.97. The van der Waals surface area contributed by atoms with Gasteiger partial charge in [0.25, 0.3) is 11.1 Å². The predicted octanol–water partition coefficient (Wildman–Crippen LogP) is 4.92. The Hall–Kier alpha value is -2.97. The molecule has 168 valence electrons. The highest BCUT2D eigenvalue weighted by Crippen LogP contribution is 2.36. The van der Waals surface area contributed by atoms with E-state index in [4.69, 9.17) is 25.8 Å². The minimum Gasteiger partial charge on any atom is -0.490 e.